The number of aromatic nitrogens is 1. The predicted octanol–water partition coefficient (Wildman–Crippen LogP) is 14.9. The highest BCUT2D eigenvalue weighted by atomic mass is 15.4. The van der Waals surface area contributed by atoms with Gasteiger partial charge in [-0.2, -0.15) is 0 Å². The van der Waals surface area contributed by atoms with Gasteiger partial charge < -0.3 is 9.80 Å². The quantitative estimate of drug-likeness (QED) is 0.166. The van der Waals surface area contributed by atoms with Crippen molar-refractivity contribution >= 4 is 0 Å². The molecule has 2 heterocycles. The van der Waals surface area contributed by atoms with Gasteiger partial charge in [0.25, 0.3) is 0 Å². The van der Waals surface area contributed by atoms with Gasteiger partial charge in [0.15, 0.2) is 0 Å². The number of pyridine rings is 1. The zero-order valence-electron chi connectivity index (χ0n) is 41.4. The highest BCUT2D eigenvalue weighted by Gasteiger charge is 2.53. The van der Waals surface area contributed by atoms with Gasteiger partial charge in [0, 0.05) is 25.6 Å². The van der Waals surface area contributed by atoms with Crippen molar-refractivity contribution in [3.63, 3.8) is 0 Å². The van der Waals surface area contributed by atoms with Gasteiger partial charge in [-0.1, -0.05) is 191 Å². The van der Waals surface area contributed by atoms with E-state index in [0.717, 1.165) is 12.4 Å². The fraction of sp³-hybridized carbons (Fsp3) is 0.179. The van der Waals surface area contributed by atoms with Crippen molar-refractivity contribution < 1.29 is 0 Å². The molecule has 0 amide bonds. The van der Waals surface area contributed by atoms with Gasteiger partial charge in [0.05, 0.1) is 23.2 Å². The molecule has 3 aliphatic carbocycles. The van der Waals surface area contributed by atoms with E-state index >= 15 is 0 Å². The average Bonchev–Trinajstić information content (AvgIpc) is 4.07. The molecule has 4 aliphatic rings. The van der Waals surface area contributed by atoms with Crippen LogP contribution in [0.4, 0.5) is 0 Å². The summed E-state index contributed by atoms with van der Waals surface area (Å²) >= 11 is 0. The zero-order valence-corrected chi connectivity index (χ0v) is 41.4. The van der Waals surface area contributed by atoms with E-state index in [1.807, 2.05) is 6.20 Å². The highest BCUT2D eigenvalue weighted by molar-refractivity contribution is 5.90. The molecule has 0 atom stereocenters. The zero-order chi connectivity index (χ0) is 47.8. The first-order chi connectivity index (χ1) is 33.9. The van der Waals surface area contributed by atoms with Gasteiger partial charge >= 0.3 is 0 Å². The molecule has 70 heavy (non-hydrogen) atoms. The van der Waals surface area contributed by atoms with Crippen molar-refractivity contribution in [2.75, 3.05) is 13.7 Å². The fourth-order valence-electron chi connectivity index (χ4n) is 13.4. The molecule has 13 rings (SSSR count). The van der Waals surface area contributed by atoms with Crippen LogP contribution in [0.1, 0.15) is 100 Å². The van der Waals surface area contributed by atoms with Gasteiger partial charge in [0.1, 0.15) is 5.54 Å². The van der Waals surface area contributed by atoms with Crippen LogP contribution in [-0.4, -0.2) is 28.5 Å². The lowest BCUT2D eigenvalue weighted by molar-refractivity contribution is 0.198. The minimum absolute atomic E-state index is 0.592. The minimum Gasteiger partial charge on any atom is -0.362 e. The van der Waals surface area contributed by atoms with Crippen LogP contribution >= 0.6 is 0 Å². The Morgan fingerprint density at radius 3 is 1.13 bits per heavy atom. The maximum absolute atomic E-state index is 5.35. The Bertz CT molecular complexity index is 3560. The number of nitrogens with zero attached hydrogens (tertiary/aromatic N) is 3. The number of fused-ring (bicyclic) bond motifs is 9. The fourth-order valence-corrected chi connectivity index (χ4v) is 13.4. The molecule has 0 N–H and O–H groups in total. The molecule has 0 fully saturated rings. The molecule has 340 valence electrons. The molecule has 3 nitrogen and oxygen atoms in total. The molecule has 8 aromatic carbocycles. The summed E-state index contributed by atoms with van der Waals surface area (Å²) in [7, 11) is 2.18. The van der Waals surface area contributed by atoms with E-state index in [1.165, 1.54) is 128 Å². The summed E-state index contributed by atoms with van der Waals surface area (Å²) in [5, 5.41) is 0. The molecule has 9 aromatic rings. The molecule has 0 spiro atoms. The van der Waals surface area contributed by atoms with Crippen LogP contribution in [0.15, 0.2) is 188 Å². The Balaban J connectivity index is 1.14. The Morgan fingerprint density at radius 2 is 0.714 bits per heavy atom. The lowest BCUT2D eigenvalue weighted by Crippen LogP contribution is -2.45. The summed E-state index contributed by atoms with van der Waals surface area (Å²) in [5.41, 5.74) is 28.4. The third-order valence-electron chi connectivity index (χ3n) is 16.4. The summed E-state index contributed by atoms with van der Waals surface area (Å²) in [5.74, 6) is 0. The molecule has 0 saturated heterocycles. The van der Waals surface area contributed by atoms with E-state index in [0.29, 0.717) is 0 Å². The van der Waals surface area contributed by atoms with Crippen molar-refractivity contribution in [2.45, 2.75) is 64.8 Å². The first-order valence-corrected chi connectivity index (χ1v) is 24.9. The average molecular weight is 904 g/mol. The van der Waals surface area contributed by atoms with Crippen molar-refractivity contribution in [1.29, 1.82) is 0 Å². The topological polar surface area (TPSA) is 19.4 Å². The Morgan fingerprint density at radius 1 is 0.357 bits per heavy atom. The van der Waals surface area contributed by atoms with Crippen molar-refractivity contribution in [3.8, 4) is 33.4 Å². The maximum Gasteiger partial charge on any atom is 0.118 e. The summed E-state index contributed by atoms with van der Waals surface area (Å²) in [6, 6.07) is 66.6. The SMILES string of the molecule is Cc1ccnc(C2(c3cccc(C4(c5cccc(C6(N7C=CN(C)C7)c7ccc(C)cc7-c7cc(C)ccc76)c5)c5ccc(C)cc5-c5cc(C)ccc54)c3)c3ccc(C)cc3-c3cc(C)ccc32)c1. The Labute approximate surface area is 413 Å². The maximum atomic E-state index is 5.35. The van der Waals surface area contributed by atoms with Crippen LogP contribution in [0.3, 0.4) is 0 Å². The summed E-state index contributed by atoms with van der Waals surface area (Å²) in [6.45, 7) is 16.3. The standard InChI is InChI=1S/C67H57N3/c1-41-15-21-58-52(31-41)53-32-42(2)16-22-59(53)65(58,49-12-10-14-51(39-49)67(70-30-29-69(8)40-70)62-25-19-45(5)35-56(62)57-36-46(6)20-26-63(57)67)48-11-9-13-50(38-48)66(64-37-47(7)27-28-68-64)60-23-17-43(3)33-54(60)55-34-44(4)18-24-61(55)66/h9-39H,40H2,1-8H3. The number of aryl methyl sites for hydroxylation is 7. The number of benzene rings is 8. The highest BCUT2D eigenvalue weighted by Crippen LogP contribution is 2.61. The van der Waals surface area contributed by atoms with E-state index in [1.54, 1.807) is 0 Å². The largest absolute Gasteiger partial charge is 0.362 e. The van der Waals surface area contributed by atoms with Crippen molar-refractivity contribution in [3.05, 3.63) is 289 Å². The van der Waals surface area contributed by atoms with Crippen LogP contribution in [0.5, 0.6) is 0 Å². The molecular formula is C67H57N3. The normalized spacial score (nSPS) is 15.9. The molecule has 1 aromatic heterocycles. The molecule has 3 heteroatoms. The second kappa shape index (κ2) is 15.1. The monoisotopic (exact) mass is 903 g/mol. The first kappa shape index (κ1) is 42.4. The van der Waals surface area contributed by atoms with Gasteiger partial charge in [0.2, 0.25) is 0 Å². The molecule has 0 saturated carbocycles. The molecular weight excluding hydrogens is 847 g/mol. The van der Waals surface area contributed by atoms with Crippen molar-refractivity contribution in [2.24, 2.45) is 0 Å². The summed E-state index contributed by atoms with van der Waals surface area (Å²) in [4.78, 5) is 10.2. The third-order valence-corrected chi connectivity index (χ3v) is 16.4. The van der Waals surface area contributed by atoms with Gasteiger partial charge in [-0.05, 0) is 155 Å². The lowest BCUT2D eigenvalue weighted by atomic mass is 9.64. The second-order valence-corrected chi connectivity index (χ2v) is 21.1. The summed E-state index contributed by atoms with van der Waals surface area (Å²) in [6.07, 6.45) is 6.55. The molecule has 0 unspecified atom stereocenters. The number of hydrogen-bond donors (Lipinski definition) is 0. The predicted molar refractivity (Wildman–Crippen MR) is 287 cm³/mol. The van der Waals surface area contributed by atoms with Crippen LogP contribution in [0, 0.1) is 48.5 Å². The van der Waals surface area contributed by atoms with E-state index in [-0.39, 0.29) is 0 Å². The van der Waals surface area contributed by atoms with Gasteiger partial charge in [-0.15, -0.1) is 0 Å². The van der Waals surface area contributed by atoms with Crippen molar-refractivity contribution in [1.82, 2.24) is 14.8 Å². The van der Waals surface area contributed by atoms with Crippen LogP contribution < -0.4 is 0 Å². The first-order valence-electron chi connectivity index (χ1n) is 24.9. The molecule has 1 aliphatic heterocycles. The van der Waals surface area contributed by atoms with E-state index in [9.17, 15) is 0 Å². The number of rotatable bonds is 6. The summed E-state index contributed by atoms with van der Waals surface area (Å²) < 4.78 is 0. The molecule has 0 radical (unpaired) electrons. The van der Waals surface area contributed by atoms with Gasteiger partial charge in [-0.3, -0.25) is 4.98 Å². The Hall–Kier alpha value is -7.75. The second-order valence-electron chi connectivity index (χ2n) is 21.1. The van der Waals surface area contributed by atoms with E-state index in [4.69, 9.17) is 4.98 Å². The van der Waals surface area contributed by atoms with Crippen LogP contribution in [0.25, 0.3) is 33.4 Å². The number of hydrogen-bond acceptors (Lipinski definition) is 3. The third kappa shape index (κ3) is 5.66. The van der Waals surface area contributed by atoms with E-state index < -0.39 is 16.4 Å². The minimum atomic E-state index is -0.687. The molecule has 0 bridgehead atoms. The van der Waals surface area contributed by atoms with Gasteiger partial charge in [-0.25, -0.2) is 0 Å². The van der Waals surface area contributed by atoms with E-state index in [2.05, 4.69) is 248 Å². The van der Waals surface area contributed by atoms with Crippen LogP contribution in [-0.2, 0) is 16.4 Å². The van der Waals surface area contributed by atoms with Crippen LogP contribution in [0.2, 0.25) is 0 Å². The lowest BCUT2D eigenvalue weighted by Gasteiger charge is -2.43. The Kier molecular flexibility index (Phi) is 9.15. The smallest absolute Gasteiger partial charge is 0.118 e.